The van der Waals surface area contributed by atoms with E-state index in [1.54, 1.807) is 18.2 Å². The van der Waals surface area contributed by atoms with Gasteiger partial charge in [0, 0.05) is 12.6 Å². The van der Waals surface area contributed by atoms with Crippen LogP contribution in [0.4, 0.5) is 0 Å². The number of halogens is 1. The standard InChI is InChI=1S/C14H11ClN2O/c15-14-7-13(6-3-11(14)9-17)18-12-4-1-10(8-16)2-5-12/h1-7H,8,16H2. The number of hydrogen-bond donors (Lipinski definition) is 1. The highest BCUT2D eigenvalue weighted by molar-refractivity contribution is 6.31. The molecule has 90 valence electrons. The Kier molecular flexibility index (Phi) is 3.83. The number of hydrogen-bond acceptors (Lipinski definition) is 3. The van der Waals surface area contributed by atoms with Gasteiger partial charge in [-0.3, -0.25) is 0 Å². The normalized spacial score (nSPS) is 9.83. The number of ether oxygens (including phenoxy) is 1. The summed E-state index contributed by atoms with van der Waals surface area (Å²) in [5.74, 6) is 1.30. The van der Waals surface area contributed by atoms with Gasteiger partial charge in [-0.15, -0.1) is 0 Å². The quantitative estimate of drug-likeness (QED) is 0.917. The van der Waals surface area contributed by atoms with E-state index >= 15 is 0 Å². The fourth-order valence-electron chi connectivity index (χ4n) is 1.48. The summed E-state index contributed by atoms with van der Waals surface area (Å²) in [6, 6.07) is 14.5. The summed E-state index contributed by atoms with van der Waals surface area (Å²) in [6.45, 7) is 0.503. The lowest BCUT2D eigenvalue weighted by molar-refractivity contribution is 0.482. The average Bonchev–Trinajstić information content (AvgIpc) is 2.40. The number of benzene rings is 2. The largest absolute Gasteiger partial charge is 0.457 e. The van der Waals surface area contributed by atoms with E-state index in [0.29, 0.717) is 28.6 Å². The zero-order valence-corrected chi connectivity index (χ0v) is 10.3. The molecule has 4 heteroatoms. The van der Waals surface area contributed by atoms with Gasteiger partial charge in [-0.2, -0.15) is 5.26 Å². The van der Waals surface area contributed by atoms with Crippen LogP contribution in [0.2, 0.25) is 5.02 Å². The van der Waals surface area contributed by atoms with Crippen LogP contribution in [0.3, 0.4) is 0 Å². The molecule has 0 atom stereocenters. The molecule has 18 heavy (non-hydrogen) atoms. The molecular formula is C14H11ClN2O. The highest BCUT2D eigenvalue weighted by Crippen LogP contribution is 2.26. The van der Waals surface area contributed by atoms with Crippen LogP contribution in [-0.2, 0) is 6.54 Å². The van der Waals surface area contributed by atoms with Crippen LogP contribution in [0, 0.1) is 11.3 Å². The summed E-state index contributed by atoms with van der Waals surface area (Å²) < 4.78 is 5.62. The number of nitriles is 1. The van der Waals surface area contributed by atoms with Crippen molar-refractivity contribution < 1.29 is 4.74 Å². The van der Waals surface area contributed by atoms with Gasteiger partial charge in [-0.05, 0) is 29.8 Å². The van der Waals surface area contributed by atoms with Crippen LogP contribution in [0.15, 0.2) is 42.5 Å². The third kappa shape index (κ3) is 2.80. The molecule has 3 nitrogen and oxygen atoms in total. The molecule has 0 aliphatic rings. The molecule has 0 aliphatic carbocycles. The first-order valence-electron chi connectivity index (χ1n) is 5.39. The van der Waals surface area contributed by atoms with E-state index < -0.39 is 0 Å². The Labute approximate surface area is 110 Å². The Bertz CT molecular complexity index is 588. The Morgan fingerprint density at radius 1 is 1.11 bits per heavy atom. The van der Waals surface area contributed by atoms with Crippen LogP contribution in [-0.4, -0.2) is 0 Å². The summed E-state index contributed by atoms with van der Waals surface area (Å²) in [5.41, 5.74) is 6.99. The van der Waals surface area contributed by atoms with Crippen molar-refractivity contribution in [3.8, 4) is 17.6 Å². The smallest absolute Gasteiger partial charge is 0.129 e. The third-order valence-corrected chi connectivity index (χ3v) is 2.77. The van der Waals surface area contributed by atoms with Crippen molar-refractivity contribution in [2.75, 3.05) is 0 Å². The van der Waals surface area contributed by atoms with Gasteiger partial charge in [0.05, 0.1) is 10.6 Å². The molecule has 2 N–H and O–H groups in total. The van der Waals surface area contributed by atoms with Gasteiger partial charge in [0.25, 0.3) is 0 Å². The zero-order valence-electron chi connectivity index (χ0n) is 9.56. The summed E-state index contributed by atoms with van der Waals surface area (Å²) in [5, 5.41) is 9.15. The second-order valence-electron chi connectivity index (χ2n) is 3.70. The molecule has 0 fully saturated rings. The Morgan fingerprint density at radius 3 is 2.33 bits per heavy atom. The maximum absolute atomic E-state index is 8.77. The minimum atomic E-state index is 0.383. The molecule has 0 saturated carbocycles. The fraction of sp³-hybridized carbons (Fsp3) is 0.0714. The van der Waals surface area contributed by atoms with Crippen molar-refractivity contribution in [2.24, 2.45) is 5.73 Å². The molecular weight excluding hydrogens is 248 g/mol. The van der Waals surface area contributed by atoms with Crippen LogP contribution < -0.4 is 10.5 Å². The predicted octanol–water partition coefficient (Wildman–Crippen LogP) is 3.46. The van der Waals surface area contributed by atoms with Crippen molar-refractivity contribution in [3.63, 3.8) is 0 Å². The van der Waals surface area contributed by atoms with Gasteiger partial charge >= 0.3 is 0 Å². The minimum absolute atomic E-state index is 0.383. The number of nitrogens with two attached hydrogens (primary N) is 1. The monoisotopic (exact) mass is 258 g/mol. The Balaban J connectivity index is 2.18. The molecule has 0 bridgehead atoms. The zero-order chi connectivity index (χ0) is 13.0. The van der Waals surface area contributed by atoms with Gasteiger partial charge in [-0.25, -0.2) is 0 Å². The first-order chi connectivity index (χ1) is 8.72. The van der Waals surface area contributed by atoms with Crippen molar-refractivity contribution in [3.05, 3.63) is 58.6 Å². The third-order valence-electron chi connectivity index (χ3n) is 2.46. The minimum Gasteiger partial charge on any atom is -0.457 e. The molecule has 2 aromatic carbocycles. The highest BCUT2D eigenvalue weighted by atomic mass is 35.5. The summed E-state index contributed by atoms with van der Waals surface area (Å²) in [4.78, 5) is 0. The highest BCUT2D eigenvalue weighted by Gasteiger charge is 2.03. The Hall–Kier alpha value is -2.02. The number of nitrogens with zero attached hydrogens (tertiary/aromatic N) is 1. The Morgan fingerprint density at radius 2 is 1.78 bits per heavy atom. The van der Waals surface area contributed by atoms with E-state index in [2.05, 4.69) is 0 Å². The molecule has 2 rings (SSSR count). The molecule has 0 unspecified atom stereocenters. The van der Waals surface area contributed by atoms with Gasteiger partial charge < -0.3 is 10.5 Å². The van der Waals surface area contributed by atoms with E-state index in [-0.39, 0.29) is 0 Å². The van der Waals surface area contributed by atoms with E-state index in [1.807, 2.05) is 30.3 Å². The van der Waals surface area contributed by atoms with Gasteiger partial charge in [-0.1, -0.05) is 23.7 Å². The van der Waals surface area contributed by atoms with Crippen molar-refractivity contribution in [2.45, 2.75) is 6.54 Å². The summed E-state index contributed by atoms with van der Waals surface area (Å²) in [6.07, 6.45) is 0. The van der Waals surface area contributed by atoms with Gasteiger partial charge in [0.15, 0.2) is 0 Å². The van der Waals surface area contributed by atoms with E-state index in [0.717, 1.165) is 5.56 Å². The molecule has 0 heterocycles. The number of rotatable bonds is 3. The van der Waals surface area contributed by atoms with E-state index in [1.165, 1.54) is 0 Å². The van der Waals surface area contributed by atoms with Crippen LogP contribution in [0.1, 0.15) is 11.1 Å². The fourth-order valence-corrected chi connectivity index (χ4v) is 1.69. The molecule has 0 saturated heterocycles. The topological polar surface area (TPSA) is 59.0 Å². The first kappa shape index (κ1) is 12.4. The van der Waals surface area contributed by atoms with Crippen molar-refractivity contribution >= 4 is 11.6 Å². The van der Waals surface area contributed by atoms with Gasteiger partial charge in [0.2, 0.25) is 0 Å². The predicted molar refractivity (Wildman–Crippen MR) is 70.6 cm³/mol. The van der Waals surface area contributed by atoms with Crippen LogP contribution in [0.25, 0.3) is 0 Å². The lowest BCUT2D eigenvalue weighted by Crippen LogP contribution is -1.95. The second kappa shape index (κ2) is 5.54. The van der Waals surface area contributed by atoms with E-state index in [9.17, 15) is 0 Å². The summed E-state index contributed by atoms with van der Waals surface area (Å²) in [7, 11) is 0. The lowest BCUT2D eigenvalue weighted by atomic mass is 10.2. The molecule has 0 aromatic heterocycles. The van der Waals surface area contributed by atoms with Crippen LogP contribution >= 0.6 is 11.6 Å². The van der Waals surface area contributed by atoms with E-state index in [4.69, 9.17) is 27.3 Å². The molecule has 0 radical (unpaired) electrons. The molecule has 0 amide bonds. The maximum Gasteiger partial charge on any atom is 0.129 e. The maximum atomic E-state index is 8.77. The summed E-state index contributed by atoms with van der Waals surface area (Å²) >= 11 is 5.92. The van der Waals surface area contributed by atoms with Crippen LogP contribution in [0.5, 0.6) is 11.5 Å². The first-order valence-corrected chi connectivity index (χ1v) is 5.77. The average molecular weight is 259 g/mol. The SMILES string of the molecule is N#Cc1ccc(Oc2ccc(CN)cc2)cc1Cl. The lowest BCUT2D eigenvalue weighted by Gasteiger charge is -2.07. The van der Waals surface area contributed by atoms with Crippen molar-refractivity contribution in [1.82, 2.24) is 0 Å². The van der Waals surface area contributed by atoms with Crippen molar-refractivity contribution in [1.29, 1.82) is 5.26 Å². The molecule has 2 aromatic rings. The second-order valence-corrected chi connectivity index (χ2v) is 4.11. The molecule has 0 aliphatic heterocycles. The van der Waals surface area contributed by atoms with Gasteiger partial charge in [0.1, 0.15) is 17.6 Å². The molecule has 0 spiro atoms.